The number of esters is 1. The van der Waals surface area contributed by atoms with E-state index in [1.165, 1.54) is 30.8 Å². The van der Waals surface area contributed by atoms with Crippen molar-refractivity contribution in [1.29, 1.82) is 0 Å². The molecule has 1 saturated heterocycles. The fraction of sp³-hybridized carbons (Fsp3) is 0.276. The predicted molar refractivity (Wildman–Crippen MR) is 151 cm³/mol. The number of carbonyl (C=O) groups is 3. The van der Waals surface area contributed by atoms with Crippen LogP contribution in [0.15, 0.2) is 72.8 Å². The van der Waals surface area contributed by atoms with Crippen LogP contribution in [0.1, 0.15) is 34.8 Å². The highest BCUT2D eigenvalue weighted by Gasteiger charge is 2.37. The SMILES string of the molecule is COc1ccc(COC(=O)c2cccc(NC(=O)[C@@H]3C[C@H](SC(C)=O)CN3Cc3ccc([N+](=O)[O-])cc3)c2)cc1. The summed E-state index contributed by atoms with van der Waals surface area (Å²) in [5, 5.41) is 13.8. The highest BCUT2D eigenvalue weighted by Crippen LogP contribution is 2.30. The maximum absolute atomic E-state index is 13.4. The van der Waals surface area contributed by atoms with Crippen molar-refractivity contribution in [2.24, 2.45) is 0 Å². The molecule has 11 heteroatoms. The summed E-state index contributed by atoms with van der Waals surface area (Å²) in [6.07, 6.45) is 0.465. The van der Waals surface area contributed by atoms with Crippen molar-refractivity contribution in [2.75, 3.05) is 19.0 Å². The van der Waals surface area contributed by atoms with Gasteiger partial charge in [-0.25, -0.2) is 4.79 Å². The quantitative estimate of drug-likeness (QED) is 0.210. The normalized spacial score (nSPS) is 16.8. The van der Waals surface area contributed by atoms with Gasteiger partial charge in [0.05, 0.1) is 23.6 Å². The second kappa shape index (κ2) is 13.2. The second-order valence-corrected chi connectivity index (χ2v) is 10.8. The van der Waals surface area contributed by atoms with E-state index in [0.29, 0.717) is 36.5 Å². The number of nitro benzene ring substituents is 1. The first-order valence-electron chi connectivity index (χ1n) is 12.6. The summed E-state index contributed by atoms with van der Waals surface area (Å²) in [7, 11) is 1.58. The van der Waals surface area contributed by atoms with E-state index in [1.807, 2.05) is 17.0 Å². The van der Waals surface area contributed by atoms with Gasteiger partial charge in [0.1, 0.15) is 12.4 Å². The minimum absolute atomic E-state index is 0.00751. The number of nitrogens with one attached hydrogen (secondary N) is 1. The molecule has 10 nitrogen and oxygen atoms in total. The fourth-order valence-corrected chi connectivity index (χ4v) is 5.50. The zero-order valence-electron chi connectivity index (χ0n) is 22.1. The molecule has 4 rings (SSSR count). The average Bonchev–Trinajstić information content (AvgIpc) is 3.33. The van der Waals surface area contributed by atoms with Crippen molar-refractivity contribution in [3.05, 3.63) is 99.6 Å². The third-order valence-electron chi connectivity index (χ3n) is 6.43. The molecule has 0 aromatic heterocycles. The fourth-order valence-electron chi connectivity index (χ4n) is 4.49. The van der Waals surface area contributed by atoms with E-state index in [0.717, 1.165) is 11.1 Å². The summed E-state index contributed by atoms with van der Waals surface area (Å²) in [6.45, 7) is 2.49. The Morgan fingerprint density at radius 3 is 2.40 bits per heavy atom. The summed E-state index contributed by atoms with van der Waals surface area (Å²) in [5.74, 6) is -0.0823. The van der Waals surface area contributed by atoms with E-state index < -0.39 is 16.9 Å². The minimum Gasteiger partial charge on any atom is -0.497 e. The van der Waals surface area contributed by atoms with Crippen LogP contribution >= 0.6 is 11.8 Å². The second-order valence-electron chi connectivity index (χ2n) is 9.33. The summed E-state index contributed by atoms with van der Waals surface area (Å²) in [4.78, 5) is 50.3. The molecule has 208 valence electrons. The number of anilines is 1. The molecule has 0 bridgehead atoms. The van der Waals surface area contributed by atoms with Crippen LogP contribution < -0.4 is 10.1 Å². The number of rotatable bonds is 10. The zero-order chi connectivity index (χ0) is 28.6. The molecule has 0 unspecified atom stereocenters. The molecule has 0 aliphatic carbocycles. The van der Waals surface area contributed by atoms with Gasteiger partial charge in [0.25, 0.3) is 5.69 Å². The Kier molecular flexibility index (Phi) is 9.52. The zero-order valence-corrected chi connectivity index (χ0v) is 22.9. The van der Waals surface area contributed by atoms with E-state index in [-0.39, 0.29) is 28.6 Å². The van der Waals surface area contributed by atoms with E-state index >= 15 is 0 Å². The third-order valence-corrected chi connectivity index (χ3v) is 7.43. The molecule has 1 fully saturated rings. The molecule has 0 radical (unpaired) electrons. The summed E-state index contributed by atoms with van der Waals surface area (Å²) in [5.41, 5.74) is 2.36. The van der Waals surface area contributed by atoms with Gasteiger partial charge in [-0.3, -0.25) is 24.6 Å². The maximum Gasteiger partial charge on any atom is 0.338 e. The summed E-state index contributed by atoms with van der Waals surface area (Å²) < 4.78 is 10.6. The number of non-ortho nitro benzene ring substituents is 1. The van der Waals surface area contributed by atoms with Gasteiger partial charge in [-0.05, 0) is 47.9 Å². The lowest BCUT2D eigenvalue weighted by atomic mass is 10.1. The molecule has 1 heterocycles. The topological polar surface area (TPSA) is 128 Å². The van der Waals surface area contributed by atoms with Gasteiger partial charge >= 0.3 is 5.97 Å². The lowest BCUT2D eigenvalue weighted by Crippen LogP contribution is -2.39. The van der Waals surface area contributed by atoms with Gasteiger partial charge < -0.3 is 14.8 Å². The number of benzene rings is 3. The highest BCUT2D eigenvalue weighted by atomic mass is 32.2. The van der Waals surface area contributed by atoms with Crippen LogP contribution in [0.4, 0.5) is 11.4 Å². The van der Waals surface area contributed by atoms with E-state index in [2.05, 4.69) is 5.32 Å². The monoisotopic (exact) mass is 563 g/mol. The summed E-state index contributed by atoms with van der Waals surface area (Å²) in [6, 6.07) is 19.4. The van der Waals surface area contributed by atoms with Crippen molar-refractivity contribution in [1.82, 2.24) is 4.90 Å². The minimum atomic E-state index is -0.530. The van der Waals surface area contributed by atoms with Crippen LogP contribution in [0.2, 0.25) is 0 Å². The van der Waals surface area contributed by atoms with Gasteiger partial charge in [-0.2, -0.15) is 0 Å². The number of carbonyl (C=O) groups excluding carboxylic acids is 3. The largest absolute Gasteiger partial charge is 0.497 e. The van der Waals surface area contributed by atoms with Crippen LogP contribution in [0.25, 0.3) is 0 Å². The molecular formula is C29H29N3O7S. The van der Waals surface area contributed by atoms with Crippen molar-refractivity contribution in [3.8, 4) is 5.75 Å². The molecule has 1 aliphatic rings. The van der Waals surface area contributed by atoms with Crippen LogP contribution in [0.5, 0.6) is 5.75 Å². The van der Waals surface area contributed by atoms with Crippen molar-refractivity contribution in [2.45, 2.75) is 37.8 Å². The number of ether oxygens (including phenoxy) is 2. The number of likely N-dealkylation sites (tertiary alicyclic amines) is 1. The molecule has 1 N–H and O–H groups in total. The van der Waals surface area contributed by atoms with Gasteiger partial charge in [0.2, 0.25) is 5.91 Å². The molecule has 3 aromatic rings. The Hall–Kier alpha value is -4.22. The van der Waals surface area contributed by atoms with E-state index in [1.54, 1.807) is 55.6 Å². The maximum atomic E-state index is 13.4. The number of methoxy groups -OCH3 is 1. The molecule has 1 amide bonds. The first kappa shape index (κ1) is 28.8. The highest BCUT2D eigenvalue weighted by molar-refractivity contribution is 8.14. The molecule has 3 aromatic carbocycles. The molecule has 1 aliphatic heterocycles. The first-order chi connectivity index (χ1) is 19.2. The van der Waals surface area contributed by atoms with Crippen molar-refractivity contribution >= 4 is 40.1 Å². The number of nitrogens with zero attached hydrogens (tertiary/aromatic N) is 2. The molecular weight excluding hydrogens is 534 g/mol. The Morgan fingerprint density at radius 1 is 1.05 bits per heavy atom. The average molecular weight is 564 g/mol. The number of thioether (sulfide) groups is 1. The Morgan fingerprint density at radius 2 is 1.75 bits per heavy atom. The number of nitro groups is 1. The lowest BCUT2D eigenvalue weighted by molar-refractivity contribution is -0.384. The van der Waals surface area contributed by atoms with Crippen LogP contribution in [0.3, 0.4) is 0 Å². The number of hydrogen-bond acceptors (Lipinski definition) is 9. The third kappa shape index (κ3) is 7.67. The molecule has 0 saturated carbocycles. The van der Waals surface area contributed by atoms with Crippen LogP contribution in [-0.2, 0) is 27.5 Å². The summed E-state index contributed by atoms with van der Waals surface area (Å²) >= 11 is 1.20. The first-order valence-corrected chi connectivity index (χ1v) is 13.5. The number of amides is 1. The van der Waals surface area contributed by atoms with E-state index in [4.69, 9.17) is 9.47 Å². The van der Waals surface area contributed by atoms with Crippen LogP contribution in [0, 0.1) is 10.1 Å². The predicted octanol–water partition coefficient (Wildman–Crippen LogP) is 4.82. The standard InChI is InChI=1S/C29H29N3O7S/c1-19(33)40-26-15-27(31(17-26)16-20-6-10-24(11-7-20)32(36)37)28(34)30-23-5-3-4-22(14-23)29(35)39-18-21-8-12-25(38-2)13-9-21/h3-14,26-27H,15-18H2,1-2H3,(H,30,34)/t26-,27-/m0/s1. The Labute approximate surface area is 235 Å². The van der Waals surface area contributed by atoms with Gasteiger partial charge in [0, 0.05) is 43.1 Å². The molecule has 0 spiro atoms. The van der Waals surface area contributed by atoms with Crippen LogP contribution in [-0.4, -0.2) is 51.8 Å². The van der Waals surface area contributed by atoms with Gasteiger partial charge in [0.15, 0.2) is 5.12 Å². The molecule has 40 heavy (non-hydrogen) atoms. The van der Waals surface area contributed by atoms with E-state index in [9.17, 15) is 24.5 Å². The Balaban J connectivity index is 1.41. The smallest absolute Gasteiger partial charge is 0.338 e. The molecule has 2 atom stereocenters. The number of hydrogen-bond donors (Lipinski definition) is 1. The lowest BCUT2D eigenvalue weighted by Gasteiger charge is -2.23. The van der Waals surface area contributed by atoms with Crippen molar-refractivity contribution < 1.29 is 28.8 Å². The van der Waals surface area contributed by atoms with Gasteiger partial charge in [-0.1, -0.05) is 42.1 Å². The Bertz CT molecular complexity index is 1380. The van der Waals surface area contributed by atoms with Gasteiger partial charge in [-0.15, -0.1) is 0 Å². The van der Waals surface area contributed by atoms with Crippen molar-refractivity contribution in [3.63, 3.8) is 0 Å².